The fourth-order valence-electron chi connectivity index (χ4n) is 4.23. The normalized spacial score (nSPS) is 22.5. The topological polar surface area (TPSA) is 91.8 Å². The molecule has 174 valence electrons. The van der Waals surface area contributed by atoms with E-state index in [0.717, 1.165) is 38.2 Å². The number of carbonyl (C=O) groups is 1. The molecule has 1 amide bonds. The molecule has 3 heterocycles. The molecule has 1 aromatic carbocycles. The number of ether oxygens (including phenoxy) is 1. The Labute approximate surface area is 193 Å². The van der Waals surface area contributed by atoms with Crippen LogP contribution in [0.2, 0.25) is 0 Å². The van der Waals surface area contributed by atoms with Gasteiger partial charge < -0.3 is 4.74 Å². The molecule has 0 saturated carbocycles. The lowest BCUT2D eigenvalue weighted by molar-refractivity contribution is -0.0440. The van der Waals surface area contributed by atoms with Crippen LogP contribution in [0, 0.1) is 0 Å². The van der Waals surface area contributed by atoms with E-state index < -0.39 is 10.0 Å². The molecular formula is C22H30N4O4S2. The van der Waals surface area contributed by atoms with E-state index in [2.05, 4.69) is 22.1 Å². The zero-order chi connectivity index (χ0) is 22.9. The maximum absolute atomic E-state index is 13.0. The molecule has 2 unspecified atom stereocenters. The van der Waals surface area contributed by atoms with E-state index in [1.54, 1.807) is 12.1 Å². The molecule has 1 N–H and O–H groups in total. The number of benzene rings is 1. The summed E-state index contributed by atoms with van der Waals surface area (Å²) < 4.78 is 33.1. The summed E-state index contributed by atoms with van der Waals surface area (Å²) in [6, 6.07) is 6.08. The van der Waals surface area contributed by atoms with Gasteiger partial charge in [-0.05, 0) is 51.1 Å². The molecular weight excluding hydrogens is 448 g/mol. The summed E-state index contributed by atoms with van der Waals surface area (Å²) in [7, 11) is -3.63. The molecule has 1 aromatic heterocycles. The fraction of sp³-hybridized carbons (Fsp3) is 0.545. The van der Waals surface area contributed by atoms with Gasteiger partial charge in [-0.25, -0.2) is 13.4 Å². The molecule has 2 atom stereocenters. The highest BCUT2D eigenvalue weighted by Gasteiger charge is 2.32. The highest BCUT2D eigenvalue weighted by Crippen LogP contribution is 2.29. The third-order valence-electron chi connectivity index (χ3n) is 5.71. The number of rotatable bonds is 6. The van der Waals surface area contributed by atoms with Crippen molar-refractivity contribution in [3.63, 3.8) is 0 Å². The Hall–Kier alpha value is -1.85. The van der Waals surface area contributed by atoms with Crippen molar-refractivity contribution >= 4 is 32.4 Å². The molecule has 0 spiro atoms. The molecule has 8 nitrogen and oxygen atoms in total. The van der Waals surface area contributed by atoms with Crippen molar-refractivity contribution in [1.29, 1.82) is 0 Å². The van der Waals surface area contributed by atoms with Gasteiger partial charge in [-0.15, -0.1) is 11.3 Å². The van der Waals surface area contributed by atoms with Gasteiger partial charge in [0.05, 0.1) is 22.8 Å². The van der Waals surface area contributed by atoms with Crippen LogP contribution in [0.25, 0.3) is 0 Å². The molecule has 1 saturated heterocycles. The van der Waals surface area contributed by atoms with Crippen LogP contribution in [-0.4, -0.2) is 66.9 Å². The number of fused-ring (bicyclic) bond motifs is 1. The predicted octanol–water partition coefficient (Wildman–Crippen LogP) is 2.96. The number of nitrogens with zero attached hydrogens (tertiary/aromatic N) is 3. The summed E-state index contributed by atoms with van der Waals surface area (Å²) in [4.78, 5) is 21.1. The SMILES string of the molecule is CCCN1CCc2nc(NC(=O)c3ccc(S(=O)(=O)N4CC(C)OC(C)C4)cc3)sc2C1. The van der Waals surface area contributed by atoms with Gasteiger partial charge in [0.25, 0.3) is 5.91 Å². The summed E-state index contributed by atoms with van der Waals surface area (Å²) in [5.74, 6) is -0.293. The summed E-state index contributed by atoms with van der Waals surface area (Å²) in [6.07, 6.45) is 1.70. The smallest absolute Gasteiger partial charge is 0.257 e. The lowest BCUT2D eigenvalue weighted by atomic mass is 10.2. The number of sulfonamides is 1. The minimum absolute atomic E-state index is 0.156. The highest BCUT2D eigenvalue weighted by atomic mass is 32.2. The molecule has 2 aliphatic rings. The first-order valence-corrected chi connectivity index (χ1v) is 13.3. The Morgan fingerprint density at radius 3 is 2.56 bits per heavy atom. The number of aromatic nitrogens is 1. The van der Waals surface area contributed by atoms with Gasteiger partial charge >= 0.3 is 0 Å². The number of hydrogen-bond donors (Lipinski definition) is 1. The van der Waals surface area contributed by atoms with Crippen molar-refractivity contribution < 1.29 is 17.9 Å². The fourth-order valence-corrected chi connectivity index (χ4v) is 6.87. The summed E-state index contributed by atoms with van der Waals surface area (Å²) in [5.41, 5.74) is 1.46. The molecule has 0 aliphatic carbocycles. The van der Waals surface area contributed by atoms with Crippen LogP contribution in [0.5, 0.6) is 0 Å². The number of carbonyl (C=O) groups excluding carboxylic acids is 1. The van der Waals surface area contributed by atoms with Crippen LogP contribution in [0.1, 0.15) is 48.1 Å². The largest absolute Gasteiger partial charge is 0.373 e. The quantitative estimate of drug-likeness (QED) is 0.686. The zero-order valence-electron chi connectivity index (χ0n) is 18.7. The van der Waals surface area contributed by atoms with E-state index in [1.165, 1.54) is 32.7 Å². The van der Waals surface area contributed by atoms with Crippen molar-refractivity contribution in [1.82, 2.24) is 14.2 Å². The summed E-state index contributed by atoms with van der Waals surface area (Å²) in [6.45, 7) is 9.48. The van der Waals surface area contributed by atoms with Crippen LogP contribution < -0.4 is 5.32 Å². The molecule has 1 fully saturated rings. The standard InChI is InChI=1S/C22H30N4O4S2/c1-4-10-25-11-9-19-20(14-25)31-22(23-19)24-21(27)17-5-7-18(8-6-17)32(28,29)26-12-15(2)30-16(3)13-26/h5-8,15-16H,4,9-14H2,1-3H3,(H,23,24,27). The van der Waals surface area contributed by atoms with Crippen molar-refractivity contribution in [3.8, 4) is 0 Å². The molecule has 10 heteroatoms. The lowest BCUT2D eigenvalue weighted by Gasteiger charge is -2.34. The molecule has 2 aliphatic heterocycles. The van der Waals surface area contributed by atoms with Gasteiger partial charge in [0.1, 0.15) is 0 Å². The van der Waals surface area contributed by atoms with E-state index in [0.29, 0.717) is 23.8 Å². The van der Waals surface area contributed by atoms with Gasteiger partial charge in [-0.1, -0.05) is 6.92 Å². The Balaban J connectivity index is 1.43. The van der Waals surface area contributed by atoms with Crippen molar-refractivity contribution in [3.05, 3.63) is 40.4 Å². The number of amides is 1. The first kappa shape index (κ1) is 23.3. The van der Waals surface area contributed by atoms with E-state index in [9.17, 15) is 13.2 Å². The highest BCUT2D eigenvalue weighted by molar-refractivity contribution is 7.89. The van der Waals surface area contributed by atoms with Crippen molar-refractivity contribution in [2.24, 2.45) is 0 Å². The predicted molar refractivity (Wildman–Crippen MR) is 125 cm³/mol. The average Bonchev–Trinajstić information content (AvgIpc) is 3.15. The van der Waals surface area contributed by atoms with Gasteiger partial charge in [-0.3, -0.25) is 15.0 Å². The van der Waals surface area contributed by atoms with Crippen molar-refractivity contribution in [2.75, 3.05) is 31.5 Å². The van der Waals surface area contributed by atoms with Gasteiger partial charge in [0, 0.05) is 43.0 Å². The van der Waals surface area contributed by atoms with E-state index in [1.807, 2.05) is 13.8 Å². The Morgan fingerprint density at radius 2 is 1.91 bits per heavy atom. The molecule has 0 bridgehead atoms. The molecule has 2 aromatic rings. The van der Waals surface area contributed by atoms with Crippen LogP contribution in [0.15, 0.2) is 29.2 Å². The molecule has 0 radical (unpaired) electrons. The lowest BCUT2D eigenvalue weighted by Crippen LogP contribution is -2.48. The summed E-state index contributed by atoms with van der Waals surface area (Å²) >= 11 is 1.52. The van der Waals surface area contributed by atoms with Crippen LogP contribution in [0.3, 0.4) is 0 Å². The maximum atomic E-state index is 13.0. The minimum atomic E-state index is -3.63. The third kappa shape index (κ3) is 5.04. The first-order valence-electron chi connectivity index (χ1n) is 11.0. The van der Waals surface area contributed by atoms with E-state index >= 15 is 0 Å². The van der Waals surface area contributed by atoms with Gasteiger partial charge in [0.15, 0.2) is 5.13 Å². The van der Waals surface area contributed by atoms with E-state index in [-0.39, 0.29) is 23.0 Å². The number of hydrogen-bond acceptors (Lipinski definition) is 7. The number of morpholine rings is 1. The Bertz CT molecular complexity index is 1060. The van der Waals surface area contributed by atoms with E-state index in [4.69, 9.17) is 4.74 Å². The van der Waals surface area contributed by atoms with Crippen molar-refractivity contribution in [2.45, 2.75) is 57.3 Å². The number of anilines is 1. The van der Waals surface area contributed by atoms with Gasteiger partial charge in [-0.2, -0.15) is 4.31 Å². The molecule has 4 rings (SSSR count). The monoisotopic (exact) mass is 478 g/mol. The van der Waals surface area contributed by atoms with Crippen LogP contribution >= 0.6 is 11.3 Å². The van der Waals surface area contributed by atoms with Gasteiger partial charge in [0.2, 0.25) is 10.0 Å². The second-order valence-corrected chi connectivity index (χ2v) is 11.5. The minimum Gasteiger partial charge on any atom is -0.373 e. The second-order valence-electron chi connectivity index (χ2n) is 8.47. The number of nitrogens with one attached hydrogen (secondary N) is 1. The Morgan fingerprint density at radius 1 is 1.22 bits per heavy atom. The molecule has 32 heavy (non-hydrogen) atoms. The Kier molecular flexibility index (Phi) is 6.97. The zero-order valence-corrected chi connectivity index (χ0v) is 20.3. The second kappa shape index (κ2) is 9.56. The number of thiazole rings is 1. The van der Waals surface area contributed by atoms with Crippen LogP contribution in [0.4, 0.5) is 5.13 Å². The van der Waals surface area contributed by atoms with Crippen LogP contribution in [-0.2, 0) is 27.7 Å². The third-order valence-corrected chi connectivity index (χ3v) is 8.55. The average molecular weight is 479 g/mol. The summed E-state index contributed by atoms with van der Waals surface area (Å²) in [5, 5.41) is 3.46. The maximum Gasteiger partial charge on any atom is 0.257 e. The first-order chi connectivity index (χ1) is 15.3.